The van der Waals surface area contributed by atoms with E-state index in [1.54, 1.807) is 0 Å². The van der Waals surface area contributed by atoms with Gasteiger partial charge in [-0.2, -0.15) is 0 Å². The number of hydrogen-bond donors (Lipinski definition) is 2. The van der Waals surface area contributed by atoms with Gasteiger partial charge in [-0.3, -0.25) is 4.79 Å². The number of rotatable bonds is 4. The summed E-state index contributed by atoms with van der Waals surface area (Å²) < 4.78 is 0. The van der Waals surface area contributed by atoms with Gasteiger partial charge in [-0.15, -0.1) is 24.8 Å². The topological polar surface area (TPSA) is 54.0 Å². The molecule has 0 aromatic carbocycles. The van der Waals surface area contributed by atoms with Crippen LogP contribution in [0, 0.1) is 6.92 Å². The van der Waals surface area contributed by atoms with Crippen LogP contribution in [0.2, 0.25) is 0 Å². The number of anilines is 1. The smallest absolute Gasteiger partial charge is 0.225 e. The molecule has 1 aliphatic rings. The zero-order valence-electron chi connectivity index (χ0n) is 11.0. The summed E-state index contributed by atoms with van der Waals surface area (Å²) in [6.07, 6.45) is 3.90. The van der Waals surface area contributed by atoms with E-state index < -0.39 is 0 Å². The first-order chi connectivity index (χ1) is 8.24. The van der Waals surface area contributed by atoms with Crippen molar-refractivity contribution in [1.29, 1.82) is 0 Å². The fourth-order valence-corrected chi connectivity index (χ4v) is 2.13. The highest BCUT2D eigenvalue weighted by Crippen LogP contribution is 2.11. The molecule has 1 aliphatic heterocycles. The molecule has 19 heavy (non-hydrogen) atoms. The first-order valence-electron chi connectivity index (χ1n) is 6.21. The lowest BCUT2D eigenvalue weighted by Crippen LogP contribution is -2.23. The van der Waals surface area contributed by atoms with Crippen molar-refractivity contribution in [2.24, 2.45) is 0 Å². The van der Waals surface area contributed by atoms with Crippen LogP contribution in [0.5, 0.6) is 0 Å². The maximum atomic E-state index is 11.7. The van der Waals surface area contributed by atoms with Crippen molar-refractivity contribution in [2.45, 2.75) is 38.6 Å². The molecule has 1 unspecified atom stereocenters. The largest absolute Gasteiger partial charge is 0.314 e. The number of pyridine rings is 1. The molecule has 1 saturated heterocycles. The summed E-state index contributed by atoms with van der Waals surface area (Å²) in [5, 5.41) is 6.22. The summed E-state index contributed by atoms with van der Waals surface area (Å²) in [5.41, 5.74) is 0.917. The number of hydrogen-bond acceptors (Lipinski definition) is 3. The molecule has 2 rings (SSSR count). The summed E-state index contributed by atoms with van der Waals surface area (Å²) in [7, 11) is 0. The maximum absolute atomic E-state index is 11.7. The molecular formula is C13H21Cl2N3O. The Kier molecular flexibility index (Phi) is 8.72. The van der Waals surface area contributed by atoms with Crippen molar-refractivity contribution >= 4 is 36.5 Å². The molecule has 1 fully saturated rings. The predicted octanol–water partition coefficient (Wildman–Crippen LogP) is 2.70. The Hall–Kier alpha value is -0.840. The second-order valence-corrected chi connectivity index (χ2v) is 4.54. The highest BCUT2D eigenvalue weighted by Gasteiger charge is 2.15. The summed E-state index contributed by atoms with van der Waals surface area (Å²) >= 11 is 0. The molecule has 6 heteroatoms. The van der Waals surface area contributed by atoms with Crippen molar-refractivity contribution in [2.75, 3.05) is 11.9 Å². The normalized spacial score (nSPS) is 17.2. The Bertz CT molecular complexity index is 395. The van der Waals surface area contributed by atoms with E-state index in [4.69, 9.17) is 0 Å². The van der Waals surface area contributed by atoms with Crippen LogP contribution >= 0.6 is 24.8 Å². The van der Waals surface area contributed by atoms with Gasteiger partial charge in [0.05, 0.1) is 0 Å². The molecule has 0 radical (unpaired) electrons. The van der Waals surface area contributed by atoms with Gasteiger partial charge in [0, 0.05) is 18.2 Å². The quantitative estimate of drug-likeness (QED) is 0.899. The molecule has 2 heterocycles. The van der Waals surface area contributed by atoms with Gasteiger partial charge in [0.1, 0.15) is 5.82 Å². The number of carbonyl (C=O) groups is 1. The molecule has 1 aromatic rings. The Balaban J connectivity index is 0.00000162. The van der Waals surface area contributed by atoms with Crippen LogP contribution in [-0.4, -0.2) is 23.5 Å². The second kappa shape index (κ2) is 9.13. The number of aryl methyl sites for hydroxylation is 1. The SMILES string of the molecule is Cc1cccc(NC(=O)CCC2CCCN2)n1.Cl.Cl. The number of halogens is 2. The summed E-state index contributed by atoms with van der Waals surface area (Å²) in [6.45, 7) is 3.00. The van der Waals surface area contributed by atoms with Crippen LogP contribution < -0.4 is 10.6 Å². The third kappa shape index (κ3) is 6.23. The third-order valence-electron chi connectivity index (χ3n) is 3.04. The molecule has 1 atom stereocenters. The van der Waals surface area contributed by atoms with E-state index in [2.05, 4.69) is 15.6 Å². The maximum Gasteiger partial charge on any atom is 0.225 e. The van der Waals surface area contributed by atoms with Gasteiger partial charge >= 0.3 is 0 Å². The highest BCUT2D eigenvalue weighted by atomic mass is 35.5. The van der Waals surface area contributed by atoms with Crippen molar-refractivity contribution in [1.82, 2.24) is 10.3 Å². The molecule has 0 saturated carbocycles. The number of amides is 1. The number of carbonyl (C=O) groups excluding carboxylic acids is 1. The minimum atomic E-state index is 0. The van der Waals surface area contributed by atoms with Gasteiger partial charge in [-0.05, 0) is 44.9 Å². The first kappa shape index (κ1) is 18.2. The highest BCUT2D eigenvalue weighted by molar-refractivity contribution is 5.89. The van der Waals surface area contributed by atoms with E-state index in [1.165, 1.54) is 12.8 Å². The Morgan fingerprint density at radius 1 is 1.47 bits per heavy atom. The zero-order valence-corrected chi connectivity index (χ0v) is 12.6. The van der Waals surface area contributed by atoms with E-state index in [-0.39, 0.29) is 30.7 Å². The van der Waals surface area contributed by atoms with Gasteiger partial charge in [-0.1, -0.05) is 6.07 Å². The summed E-state index contributed by atoms with van der Waals surface area (Å²) in [4.78, 5) is 15.9. The Morgan fingerprint density at radius 2 is 2.26 bits per heavy atom. The minimum absolute atomic E-state index is 0. The summed E-state index contributed by atoms with van der Waals surface area (Å²) in [6, 6.07) is 6.15. The predicted molar refractivity (Wildman–Crippen MR) is 82.4 cm³/mol. The molecule has 0 aliphatic carbocycles. The number of aromatic nitrogens is 1. The molecule has 108 valence electrons. The molecule has 1 amide bonds. The Labute approximate surface area is 126 Å². The number of nitrogens with one attached hydrogen (secondary N) is 2. The Morgan fingerprint density at radius 3 is 2.89 bits per heavy atom. The lowest BCUT2D eigenvalue weighted by Gasteiger charge is -2.09. The van der Waals surface area contributed by atoms with Crippen LogP contribution in [0.25, 0.3) is 0 Å². The van der Waals surface area contributed by atoms with Crippen molar-refractivity contribution in [3.63, 3.8) is 0 Å². The van der Waals surface area contributed by atoms with Gasteiger partial charge in [0.15, 0.2) is 0 Å². The lowest BCUT2D eigenvalue weighted by atomic mass is 10.1. The molecule has 0 spiro atoms. The van der Waals surface area contributed by atoms with Gasteiger partial charge in [-0.25, -0.2) is 4.98 Å². The average Bonchev–Trinajstić information content (AvgIpc) is 2.79. The van der Waals surface area contributed by atoms with E-state index in [9.17, 15) is 4.79 Å². The third-order valence-corrected chi connectivity index (χ3v) is 3.04. The van der Waals surface area contributed by atoms with E-state index >= 15 is 0 Å². The van der Waals surface area contributed by atoms with E-state index in [0.29, 0.717) is 18.3 Å². The van der Waals surface area contributed by atoms with Crippen LogP contribution in [0.3, 0.4) is 0 Å². The van der Waals surface area contributed by atoms with Gasteiger partial charge < -0.3 is 10.6 Å². The van der Waals surface area contributed by atoms with E-state index in [0.717, 1.165) is 18.7 Å². The van der Waals surface area contributed by atoms with Crippen molar-refractivity contribution < 1.29 is 4.79 Å². The van der Waals surface area contributed by atoms with Crippen molar-refractivity contribution in [3.8, 4) is 0 Å². The van der Waals surface area contributed by atoms with Crippen LogP contribution in [0.1, 0.15) is 31.4 Å². The van der Waals surface area contributed by atoms with Gasteiger partial charge in [0.25, 0.3) is 0 Å². The van der Waals surface area contributed by atoms with E-state index in [1.807, 2.05) is 25.1 Å². The zero-order chi connectivity index (χ0) is 12.1. The standard InChI is InChI=1S/C13H19N3O.2ClH/c1-10-4-2-6-12(15-10)16-13(17)8-7-11-5-3-9-14-11;;/h2,4,6,11,14H,3,5,7-9H2,1H3,(H,15,16,17);2*1H. The average molecular weight is 306 g/mol. The fraction of sp³-hybridized carbons (Fsp3) is 0.538. The van der Waals surface area contributed by atoms with Crippen LogP contribution in [0.15, 0.2) is 18.2 Å². The molecule has 2 N–H and O–H groups in total. The van der Waals surface area contributed by atoms with Crippen LogP contribution in [0.4, 0.5) is 5.82 Å². The molecule has 0 bridgehead atoms. The molecular weight excluding hydrogens is 285 g/mol. The molecule has 1 aromatic heterocycles. The lowest BCUT2D eigenvalue weighted by molar-refractivity contribution is -0.116. The summed E-state index contributed by atoms with van der Waals surface area (Å²) in [5.74, 6) is 0.700. The minimum Gasteiger partial charge on any atom is -0.314 e. The van der Waals surface area contributed by atoms with Crippen molar-refractivity contribution in [3.05, 3.63) is 23.9 Å². The monoisotopic (exact) mass is 305 g/mol. The number of nitrogens with zero attached hydrogens (tertiary/aromatic N) is 1. The fourth-order valence-electron chi connectivity index (χ4n) is 2.13. The first-order valence-corrected chi connectivity index (χ1v) is 6.21. The molecule has 4 nitrogen and oxygen atoms in total. The van der Waals surface area contributed by atoms with Gasteiger partial charge in [0.2, 0.25) is 5.91 Å². The second-order valence-electron chi connectivity index (χ2n) is 4.54. The van der Waals surface area contributed by atoms with Crippen LogP contribution in [-0.2, 0) is 4.79 Å².